The molecule has 12 heteroatoms. The van der Waals surface area contributed by atoms with E-state index in [2.05, 4.69) is 388 Å². The van der Waals surface area contributed by atoms with E-state index in [1.165, 1.54) is 111 Å². The van der Waals surface area contributed by atoms with Crippen LogP contribution in [0, 0.1) is 0 Å². The summed E-state index contributed by atoms with van der Waals surface area (Å²) in [6.07, 6.45) is 7.56. The molecule has 92 heavy (non-hydrogen) atoms. The fraction of sp³-hybridized carbons (Fsp3) is 0.0750. The summed E-state index contributed by atoms with van der Waals surface area (Å²) < 4.78 is 0. The minimum absolute atomic E-state index is 0. The molecule has 0 N–H and O–H groups in total. The van der Waals surface area contributed by atoms with Crippen molar-refractivity contribution in [3.63, 3.8) is 0 Å². The Bertz CT molecular complexity index is 3010. The predicted molar refractivity (Wildman–Crippen MR) is 424 cm³/mol. The van der Waals surface area contributed by atoms with Gasteiger partial charge in [-0.1, -0.05) is 243 Å². The average Bonchev–Trinajstić information content (AvgIpc) is 1.28. The molecule has 12 rings (SSSR count). The monoisotopic (exact) mass is 1440 g/mol. The Morgan fingerprint density at radius 2 is 0.239 bits per heavy atom. The quantitative estimate of drug-likeness (QED) is 0.0311. The van der Waals surface area contributed by atoms with Crippen LogP contribution < -0.4 is 63.7 Å². The van der Waals surface area contributed by atoms with Gasteiger partial charge in [0.25, 0.3) is 0 Å². The summed E-state index contributed by atoms with van der Waals surface area (Å²) in [5, 5.41) is 35.1. The van der Waals surface area contributed by atoms with Gasteiger partial charge in [0.15, 0.2) is 0 Å². The van der Waals surface area contributed by atoms with Crippen molar-refractivity contribution in [3.05, 3.63) is 375 Å². The largest absolute Gasteiger partial charge is 1.00 e. The van der Waals surface area contributed by atoms with Crippen LogP contribution in [-0.4, -0.2) is 47.3 Å². The van der Waals surface area contributed by atoms with E-state index >= 15 is 0 Å². The predicted octanol–water partition coefficient (Wildman–Crippen LogP) is 15.5. The Morgan fingerprint density at radius 1 is 0.174 bits per heavy atom. The first-order valence-corrected chi connectivity index (χ1v) is 41.5. The Labute approximate surface area is 586 Å². The SMILES string of the molecule is [Cu+].[Cu+].[N-]=C=S.[N-]=C=S.c1ccc([PH+](CC[PH+](c2ccccc2)c2ccccc2)c2ccccc2)cc1.c1ccc([PH+](CC[PH+](c2ccccc2)c2ccccc2)c2ccccc2)cc1.c1ccc([PH+](CC[PH+](c2ccccc2)c2ccccc2)c2ccccc2)cc1. The number of hydrogen-bond acceptors (Lipinski definition) is 2. The Morgan fingerprint density at radius 3 is 0.304 bits per heavy atom. The van der Waals surface area contributed by atoms with Gasteiger partial charge in [0.05, 0.1) is 111 Å². The van der Waals surface area contributed by atoms with E-state index < -0.39 is 47.5 Å². The molecule has 0 spiro atoms. The molecule has 0 aromatic heterocycles. The number of thiocarbonyl (C=S) groups is 2. The second kappa shape index (κ2) is 44.5. The normalized spacial score (nSPS) is 10.3. The molecule has 0 unspecified atom stereocenters. The van der Waals surface area contributed by atoms with Crippen LogP contribution >= 0.6 is 72.0 Å². The molecular formula is C80H78Cu2N2P6S2+6. The third-order valence-electron chi connectivity index (χ3n) is 15.3. The summed E-state index contributed by atoms with van der Waals surface area (Å²) in [7, 11) is -4.70. The number of isothiocyanates is 2. The third-order valence-corrected chi connectivity index (χ3v) is 33.7. The molecule has 0 aliphatic carbocycles. The molecule has 12 aromatic rings. The van der Waals surface area contributed by atoms with Gasteiger partial charge in [0, 0.05) is 0 Å². The molecule has 0 saturated carbocycles. The maximum absolute atomic E-state index is 7.13. The smallest absolute Gasteiger partial charge is 0.753 e. The van der Waals surface area contributed by atoms with Crippen molar-refractivity contribution >= 4 is 146 Å². The summed E-state index contributed by atoms with van der Waals surface area (Å²) >= 11 is 7.40. The molecule has 0 heterocycles. The minimum atomic E-state index is -0.783. The van der Waals surface area contributed by atoms with Gasteiger partial charge in [-0.2, -0.15) is 10.3 Å². The van der Waals surface area contributed by atoms with Gasteiger partial charge in [-0.25, -0.2) is 0 Å². The van der Waals surface area contributed by atoms with Crippen LogP contribution in [0.3, 0.4) is 0 Å². The zero-order chi connectivity index (χ0) is 62.5. The van der Waals surface area contributed by atoms with Crippen LogP contribution in [0.4, 0.5) is 0 Å². The molecule has 466 valence electrons. The first-order chi connectivity index (χ1) is 44.6. The Hall–Kier alpha value is -6.14. The van der Waals surface area contributed by atoms with Crippen LogP contribution in [0.25, 0.3) is 10.8 Å². The number of nitrogens with zero attached hydrogens (tertiary/aromatic N) is 2. The minimum Gasteiger partial charge on any atom is -0.753 e. The molecule has 2 nitrogen and oxygen atoms in total. The van der Waals surface area contributed by atoms with Crippen molar-refractivity contribution in [1.29, 1.82) is 0 Å². The second-order valence-electron chi connectivity index (χ2n) is 20.9. The zero-order valence-electron chi connectivity index (χ0n) is 51.2. The number of hydrogen-bond donors (Lipinski definition) is 0. The van der Waals surface area contributed by atoms with Gasteiger partial charge in [0.1, 0.15) is 37.0 Å². The summed E-state index contributed by atoms with van der Waals surface area (Å²) in [5.74, 6) is 0. The van der Waals surface area contributed by atoms with Crippen molar-refractivity contribution in [1.82, 2.24) is 0 Å². The fourth-order valence-electron chi connectivity index (χ4n) is 11.2. The molecule has 0 fully saturated rings. The number of rotatable bonds is 21. The van der Waals surface area contributed by atoms with Crippen molar-refractivity contribution in [2.24, 2.45) is 0 Å². The summed E-state index contributed by atoms with van der Waals surface area (Å²) in [4.78, 5) is 0. The summed E-state index contributed by atoms with van der Waals surface area (Å²) in [6.45, 7) is 0. The van der Waals surface area contributed by atoms with Gasteiger partial charge in [-0.05, 0) is 146 Å². The van der Waals surface area contributed by atoms with Crippen LogP contribution in [0.5, 0.6) is 0 Å². The van der Waals surface area contributed by atoms with Crippen molar-refractivity contribution < 1.29 is 34.1 Å². The summed E-state index contributed by atoms with van der Waals surface area (Å²) in [5.41, 5.74) is 0. The van der Waals surface area contributed by atoms with E-state index in [0.29, 0.717) is 0 Å². The first kappa shape index (κ1) is 74.9. The molecule has 0 radical (unpaired) electrons. The first-order valence-electron chi connectivity index (χ1n) is 30.4. The standard InChI is InChI=1S/3C26H24P2.2CNS.2Cu/c3*1-5-13-23(14-6-1)27(24-15-7-2-8-16-24)21-22-28(25-17-9-3-10-18-25)26-19-11-4-12-20-26;2*2-1-3;;/h3*1-20H,21-22H2;;;;/q;;;2*-1;2*+1/p+6. The molecule has 0 saturated heterocycles. The van der Waals surface area contributed by atoms with Gasteiger partial charge >= 0.3 is 34.1 Å². The molecule has 12 aromatic carbocycles. The maximum atomic E-state index is 7.13. The number of benzene rings is 12. The molecular weight excluding hydrogens is 1370 g/mol. The van der Waals surface area contributed by atoms with E-state index in [1.54, 1.807) is 0 Å². The molecule has 0 bridgehead atoms. The zero-order valence-corrected chi connectivity index (χ0v) is 60.7. The van der Waals surface area contributed by atoms with E-state index in [9.17, 15) is 0 Å². The van der Waals surface area contributed by atoms with Gasteiger partial charge in [-0.3, -0.25) is 0 Å². The van der Waals surface area contributed by atoms with E-state index in [0.717, 1.165) is 0 Å². The molecule has 0 amide bonds. The van der Waals surface area contributed by atoms with Gasteiger partial charge in [0.2, 0.25) is 0 Å². The van der Waals surface area contributed by atoms with E-state index in [4.69, 9.17) is 10.8 Å². The van der Waals surface area contributed by atoms with Crippen LogP contribution in [0.15, 0.2) is 364 Å². The van der Waals surface area contributed by atoms with Crippen LogP contribution in [-0.2, 0) is 34.1 Å². The molecule has 0 atom stereocenters. The summed E-state index contributed by atoms with van der Waals surface area (Å²) in [6, 6.07) is 134. The maximum Gasteiger partial charge on any atom is 1.00 e. The molecule has 0 aliphatic heterocycles. The van der Waals surface area contributed by atoms with Gasteiger partial charge in [-0.15, -0.1) is 0 Å². The Balaban J connectivity index is 0.000000208. The van der Waals surface area contributed by atoms with Crippen LogP contribution in [0.1, 0.15) is 0 Å². The average molecular weight is 1440 g/mol. The van der Waals surface area contributed by atoms with Crippen molar-refractivity contribution in [2.75, 3.05) is 37.0 Å². The van der Waals surface area contributed by atoms with Gasteiger partial charge < -0.3 is 10.8 Å². The van der Waals surface area contributed by atoms with E-state index in [1.807, 2.05) is 0 Å². The second-order valence-corrected chi connectivity index (χ2v) is 37.0. The fourth-order valence-corrected chi connectivity index (χ4v) is 29.8. The van der Waals surface area contributed by atoms with Crippen LogP contribution in [0.2, 0.25) is 0 Å². The molecule has 0 aliphatic rings. The Kier molecular flexibility index (Phi) is 36.2. The topological polar surface area (TPSA) is 44.6 Å². The van der Waals surface area contributed by atoms with E-state index in [-0.39, 0.29) is 34.1 Å². The van der Waals surface area contributed by atoms with Crippen molar-refractivity contribution in [3.8, 4) is 0 Å². The van der Waals surface area contributed by atoms with Crippen molar-refractivity contribution in [2.45, 2.75) is 0 Å². The third kappa shape index (κ3) is 24.6.